The monoisotopic (exact) mass is 421 g/mol. The van der Waals surface area contributed by atoms with Crippen LogP contribution in [0.15, 0.2) is 29.2 Å². The van der Waals surface area contributed by atoms with Gasteiger partial charge in [0, 0.05) is 32.7 Å². The standard InChI is InChI=1S/C17H22F3N3O4S/c1-21(2)15(24)11-22(12-17(18,19)20)16(25)13-5-7-14(8-6-13)28(26,27)23-9-3-4-10-23/h5-8H,3-4,9-12H2,1-2H3. The van der Waals surface area contributed by atoms with Crippen molar-refractivity contribution in [2.75, 3.05) is 40.3 Å². The van der Waals surface area contributed by atoms with Gasteiger partial charge in [-0.25, -0.2) is 8.42 Å². The van der Waals surface area contributed by atoms with Gasteiger partial charge in [-0.05, 0) is 37.1 Å². The molecule has 2 rings (SSSR count). The van der Waals surface area contributed by atoms with E-state index < -0.39 is 41.1 Å². The number of sulfonamides is 1. The quantitative estimate of drug-likeness (QED) is 0.699. The van der Waals surface area contributed by atoms with Crippen LogP contribution < -0.4 is 0 Å². The van der Waals surface area contributed by atoms with Crippen LogP contribution in [0.5, 0.6) is 0 Å². The van der Waals surface area contributed by atoms with E-state index in [4.69, 9.17) is 0 Å². The minimum absolute atomic E-state index is 0.0299. The van der Waals surface area contributed by atoms with Gasteiger partial charge in [0.1, 0.15) is 13.1 Å². The van der Waals surface area contributed by atoms with E-state index in [-0.39, 0.29) is 10.5 Å². The number of rotatable bonds is 6. The van der Waals surface area contributed by atoms with Crippen molar-refractivity contribution in [1.29, 1.82) is 0 Å². The zero-order valence-electron chi connectivity index (χ0n) is 15.6. The Bertz CT molecular complexity index is 817. The number of benzene rings is 1. The van der Waals surface area contributed by atoms with Crippen molar-refractivity contribution in [3.8, 4) is 0 Å². The molecule has 28 heavy (non-hydrogen) atoms. The predicted molar refractivity (Wildman–Crippen MR) is 95.1 cm³/mol. The SMILES string of the molecule is CN(C)C(=O)CN(CC(F)(F)F)C(=O)c1ccc(S(=O)(=O)N2CCCC2)cc1. The molecule has 0 bridgehead atoms. The molecule has 0 unspecified atom stereocenters. The molecule has 0 atom stereocenters. The first-order valence-electron chi connectivity index (χ1n) is 8.58. The Balaban J connectivity index is 2.23. The molecule has 1 aromatic rings. The molecule has 1 fully saturated rings. The minimum atomic E-state index is -4.68. The van der Waals surface area contributed by atoms with Crippen molar-refractivity contribution < 1.29 is 31.2 Å². The molecule has 1 aliphatic rings. The van der Waals surface area contributed by atoms with Crippen molar-refractivity contribution in [1.82, 2.24) is 14.1 Å². The zero-order chi connectivity index (χ0) is 21.1. The van der Waals surface area contributed by atoms with Crippen LogP contribution in [-0.4, -0.2) is 80.8 Å². The number of halogens is 3. The number of hydrogen-bond acceptors (Lipinski definition) is 4. The molecule has 2 amide bonds. The molecule has 0 spiro atoms. The van der Waals surface area contributed by atoms with Crippen LogP contribution in [0.4, 0.5) is 13.2 Å². The summed E-state index contributed by atoms with van der Waals surface area (Å²) in [7, 11) is -0.950. The van der Waals surface area contributed by atoms with Crippen LogP contribution in [0.3, 0.4) is 0 Å². The fraction of sp³-hybridized carbons (Fsp3) is 0.529. The summed E-state index contributed by atoms with van der Waals surface area (Å²) in [6, 6.07) is 4.71. The number of hydrogen-bond donors (Lipinski definition) is 0. The van der Waals surface area contributed by atoms with E-state index in [2.05, 4.69) is 0 Å². The minimum Gasteiger partial charge on any atom is -0.347 e. The highest BCUT2D eigenvalue weighted by atomic mass is 32.2. The second kappa shape index (κ2) is 8.48. The largest absolute Gasteiger partial charge is 0.406 e. The first-order chi connectivity index (χ1) is 12.9. The Kier molecular flexibility index (Phi) is 6.71. The normalized spacial score (nSPS) is 15.5. The molecular weight excluding hydrogens is 399 g/mol. The van der Waals surface area contributed by atoms with Gasteiger partial charge in [0.05, 0.1) is 4.90 Å². The highest BCUT2D eigenvalue weighted by Gasteiger charge is 2.35. The van der Waals surface area contributed by atoms with Crippen LogP contribution in [0.2, 0.25) is 0 Å². The van der Waals surface area contributed by atoms with Gasteiger partial charge in [-0.3, -0.25) is 9.59 Å². The van der Waals surface area contributed by atoms with E-state index in [1.54, 1.807) is 0 Å². The molecule has 0 aromatic heterocycles. The van der Waals surface area contributed by atoms with Crippen molar-refractivity contribution in [2.45, 2.75) is 23.9 Å². The maximum absolute atomic E-state index is 12.8. The van der Waals surface area contributed by atoms with Crippen LogP contribution in [0.25, 0.3) is 0 Å². The summed E-state index contributed by atoms with van der Waals surface area (Å²) >= 11 is 0. The van der Waals surface area contributed by atoms with Gasteiger partial charge in [0.25, 0.3) is 5.91 Å². The lowest BCUT2D eigenvalue weighted by atomic mass is 10.2. The summed E-state index contributed by atoms with van der Waals surface area (Å²) in [4.78, 5) is 25.7. The van der Waals surface area contributed by atoms with Gasteiger partial charge in [0.2, 0.25) is 15.9 Å². The summed E-state index contributed by atoms with van der Waals surface area (Å²) in [6.45, 7) is -1.50. The molecule has 1 saturated heterocycles. The second-order valence-electron chi connectivity index (χ2n) is 6.70. The highest BCUT2D eigenvalue weighted by molar-refractivity contribution is 7.89. The van der Waals surface area contributed by atoms with Gasteiger partial charge in [-0.1, -0.05) is 0 Å². The van der Waals surface area contributed by atoms with Crippen LogP contribution in [0, 0.1) is 0 Å². The van der Waals surface area contributed by atoms with Crippen LogP contribution in [-0.2, 0) is 14.8 Å². The van der Waals surface area contributed by atoms with E-state index in [0.29, 0.717) is 18.0 Å². The molecule has 156 valence electrons. The topological polar surface area (TPSA) is 78.0 Å². The Morgan fingerprint density at radius 3 is 2.07 bits per heavy atom. The number of amides is 2. The number of nitrogens with zero attached hydrogens (tertiary/aromatic N) is 3. The maximum atomic E-state index is 12.8. The lowest BCUT2D eigenvalue weighted by molar-refractivity contribution is -0.146. The first-order valence-corrected chi connectivity index (χ1v) is 10.0. The van der Waals surface area contributed by atoms with E-state index >= 15 is 0 Å². The summed E-state index contributed by atoms with van der Waals surface area (Å²) in [5.41, 5.74) is -0.129. The Morgan fingerprint density at radius 2 is 1.61 bits per heavy atom. The summed E-state index contributed by atoms with van der Waals surface area (Å²) in [5, 5.41) is 0. The molecule has 7 nitrogen and oxygen atoms in total. The maximum Gasteiger partial charge on any atom is 0.406 e. The number of alkyl halides is 3. The van der Waals surface area contributed by atoms with E-state index in [0.717, 1.165) is 29.9 Å². The average molecular weight is 421 g/mol. The first kappa shape index (κ1) is 22.2. The number of carbonyl (C=O) groups is 2. The van der Waals surface area contributed by atoms with Crippen molar-refractivity contribution >= 4 is 21.8 Å². The molecule has 0 saturated carbocycles. The van der Waals surface area contributed by atoms with Crippen LogP contribution in [0.1, 0.15) is 23.2 Å². The third-order valence-electron chi connectivity index (χ3n) is 4.29. The van der Waals surface area contributed by atoms with Crippen molar-refractivity contribution in [3.05, 3.63) is 29.8 Å². The van der Waals surface area contributed by atoms with Gasteiger partial charge in [-0.15, -0.1) is 0 Å². The molecule has 1 aliphatic heterocycles. The number of likely N-dealkylation sites (N-methyl/N-ethyl adjacent to an activating group) is 1. The van der Waals surface area contributed by atoms with E-state index in [1.807, 2.05) is 0 Å². The van der Waals surface area contributed by atoms with Crippen molar-refractivity contribution in [2.24, 2.45) is 0 Å². The van der Waals surface area contributed by atoms with Crippen LogP contribution >= 0.6 is 0 Å². The highest BCUT2D eigenvalue weighted by Crippen LogP contribution is 2.22. The zero-order valence-corrected chi connectivity index (χ0v) is 16.4. The molecule has 0 radical (unpaired) electrons. The molecule has 1 aromatic carbocycles. The van der Waals surface area contributed by atoms with Crippen molar-refractivity contribution in [3.63, 3.8) is 0 Å². The molecular formula is C17H22F3N3O4S. The Labute approximate surface area is 161 Å². The Morgan fingerprint density at radius 1 is 1.07 bits per heavy atom. The smallest absolute Gasteiger partial charge is 0.347 e. The molecule has 11 heteroatoms. The lowest BCUT2D eigenvalue weighted by Crippen LogP contribution is -2.44. The van der Waals surface area contributed by atoms with Gasteiger partial charge < -0.3 is 9.80 Å². The molecule has 0 N–H and O–H groups in total. The van der Waals surface area contributed by atoms with Gasteiger partial charge in [0.15, 0.2) is 0 Å². The van der Waals surface area contributed by atoms with Gasteiger partial charge >= 0.3 is 6.18 Å². The van der Waals surface area contributed by atoms with E-state index in [1.165, 1.54) is 30.5 Å². The third-order valence-corrected chi connectivity index (χ3v) is 6.20. The van der Waals surface area contributed by atoms with E-state index in [9.17, 15) is 31.2 Å². The summed E-state index contributed by atoms with van der Waals surface area (Å²) in [6.07, 6.45) is -3.15. The molecule has 0 aliphatic carbocycles. The summed E-state index contributed by atoms with van der Waals surface area (Å²) in [5.74, 6) is -1.66. The van der Waals surface area contributed by atoms with Gasteiger partial charge in [-0.2, -0.15) is 17.5 Å². The molecule has 1 heterocycles. The average Bonchev–Trinajstić information content (AvgIpc) is 3.14. The second-order valence-corrected chi connectivity index (χ2v) is 8.64. The lowest BCUT2D eigenvalue weighted by Gasteiger charge is -2.25. The summed E-state index contributed by atoms with van der Waals surface area (Å²) < 4.78 is 64.8. The predicted octanol–water partition coefficient (Wildman–Crippen LogP) is 1.56. The number of carbonyl (C=O) groups excluding carboxylic acids is 2. The Hall–Kier alpha value is -2.14. The fourth-order valence-electron chi connectivity index (χ4n) is 2.75. The fourth-order valence-corrected chi connectivity index (χ4v) is 4.27. The third kappa shape index (κ3) is 5.44.